The van der Waals surface area contributed by atoms with Gasteiger partial charge >= 0.3 is 11.9 Å². The lowest BCUT2D eigenvalue weighted by atomic mass is 10.1. The first kappa shape index (κ1) is 21.1. The van der Waals surface area contributed by atoms with E-state index in [4.69, 9.17) is 10.2 Å². The van der Waals surface area contributed by atoms with Crippen LogP contribution >= 0.6 is 0 Å². The first-order valence-corrected chi connectivity index (χ1v) is 10.1. The first-order valence-electron chi connectivity index (χ1n) is 10.1. The molecule has 1 atom stereocenters. The molecule has 1 unspecified atom stereocenters. The summed E-state index contributed by atoms with van der Waals surface area (Å²) in [6.45, 7) is 3.04. The molecule has 4 heterocycles. The van der Waals surface area contributed by atoms with Gasteiger partial charge in [0.25, 0.3) is 0 Å². The van der Waals surface area contributed by atoms with E-state index in [0.29, 0.717) is 18.1 Å². The number of nitrogens with one attached hydrogen (secondary N) is 1. The van der Waals surface area contributed by atoms with Crippen molar-refractivity contribution in [2.75, 3.05) is 24.5 Å². The molecule has 0 saturated carbocycles. The number of hydrogen-bond donors (Lipinski definition) is 3. The summed E-state index contributed by atoms with van der Waals surface area (Å²) in [4.78, 5) is 21.4. The van der Waals surface area contributed by atoms with Crippen LogP contribution in [0.5, 0.6) is 0 Å². The van der Waals surface area contributed by atoms with E-state index < -0.39 is 11.9 Å². The molecule has 2 aliphatic heterocycles. The molecule has 9 heteroatoms. The number of carboxylic acid groups (broad SMARTS) is 2. The number of rotatable bonds is 4. The lowest BCUT2D eigenvalue weighted by Crippen LogP contribution is -2.24. The summed E-state index contributed by atoms with van der Waals surface area (Å²) in [5.41, 5.74) is 4.74. The summed E-state index contributed by atoms with van der Waals surface area (Å²) in [6.07, 6.45) is 5.35. The fourth-order valence-electron chi connectivity index (χ4n) is 3.89. The highest BCUT2D eigenvalue weighted by molar-refractivity contribution is 5.89. The summed E-state index contributed by atoms with van der Waals surface area (Å²) in [5, 5.41) is 29.1. The quantitative estimate of drug-likeness (QED) is 0.536. The molecular formula is C23H23N5O4. The molecule has 9 nitrogen and oxygen atoms in total. The van der Waals surface area contributed by atoms with Crippen molar-refractivity contribution in [2.24, 2.45) is 13.0 Å². The minimum absolute atomic E-state index is 0.558. The molecule has 0 aliphatic carbocycles. The molecule has 164 valence electrons. The molecule has 2 aromatic heterocycles. The zero-order valence-electron chi connectivity index (χ0n) is 17.5. The highest BCUT2D eigenvalue weighted by atomic mass is 16.4. The average molecular weight is 433 g/mol. The molecule has 0 radical (unpaired) electrons. The number of aryl methyl sites for hydroxylation is 1. The number of carbonyl (C=O) groups is 2. The second kappa shape index (κ2) is 8.93. The van der Waals surface area contributed by atoms with Gasteiger partial charge in [0.15, 0.2) is 5.82 Å². The Bertz CT molecular complexity index is 1200. The minimum Gasteiger partial charge on any atom is -0.478 e. The normalized spacial score (nSPS) is 17.0. The van der Waals surface area contributed by atoms with Crippen molar-refractivity contribution in [3.05, 3.63) is 66.5 Å². The van der Waals surface area contributed by atoms with Crippen LogP contribution in [-0.2, 0) is 16.6 Å². The molecule has 1 aromatic carbocycles. The fraction of sp³-hybridized carbons (Fsp3) is 0.217. The molecule has 5 rings (SSSR count). The Morgan fingerprint density at radius 3 is 2.53 bits per heavy atom. The molecule has 1 saturated heterocycles. The van der Waals surface area contributed by atoms with E-state index in [1.165, 1.54) is 16.5 Å². The Morgan fingerprint density at radius 1 is 1.09 bits per heavy atom. The van der Waals surface area contributed by atoms with Crippen LogP contribution in [0.15, 0.2) is 66.5 Å². The number of fused-ring (bicyclic) bond motifs is 2. The van der Waals surface area contributed by atoms with Crippen molar-refractivity contribution in [3.63, 3.8) is 0 Å². The number of hydrogen-bond acceptors (Lipinski definition) is 6. The van der Waals surface area contributed by atoms with Gasteiger partial charge in [-0.2, -0.15) is 0 Å². The summed E-state index contributed by atoms with van der Waals surface area (Å²) in [5.74, 6) is -0.915. The Hall–Kier alpha value is -4.14. The number of anilines is 1. The van der Waals surface area contributed by atoms with Gasteiger partial charge in [-0.1, -0.05) is 6.07 Å². The third kappa shape index (κ3) is 4.61. The van der Waals surface area contributed by atoms with Gasteiger partial charge < -0.3 is 25.0 Å². The average Bonchev–Trinajstić information content (AvgIpc) is 3.48. The van der Waals surface area contributed by atoms with Gasteiger partial charge in [-0.05, 0) is 42.1 Å². The SMILES string of the molecule is Cn1ccc2cc(-c3ccc(N4CC5=CNCC5C4)nn3)ccc21.O=C(O)C=CC(=O)O. The Labute approximate surface area is 184 Å². The van der Waals surface area contributed by atoms with Crippen molar-refractivity contribution < 1.29 is 19.8 Å². The van der Waals surface area contributed by atoms with Crippen LogP contribution in [0, 0.1) is 5.92 Å². The largest absolute Gasteiger partial charge is 0.478 e. The van der Waals surface area contributed by atoms with Crippen molar-refractivity contribution in [3.8, 4) is 11.3 Å². The summed E-state index contributed by atoms with van der Waals surface area (Å²) in [6, 6.07) is 12.7. The van der Waals surface area contributed by atoms with Crippen LogP contribution in [-0.4, -0.2) is 56.6 Å². The third-order valence-corrected chi connectivity index (χ3v) is 5.51. The lowest BCUT2D eigenvalue weighted by molar-refractivity contribution is -0.134. The van der Waals surface area contributed by atoms with Gasteiger partial charge in [0.1, 0.15) is 0 Å². The first-order chi connectivity index (χ1) is 15.4. The van der Waals surface area contributed by atoms with Crippen LogP contribution in [0.2, 0.25) is 0 Å². The maximum atomic E-state index is 9.55. The molecule has 3 aromatic rings. The monoisotopic (exact) mass is 433 g/mol. The molecule has 2 aliphatic rings. The van der Waals surface area contributed by atoms with Crippen molar-refractivity contribution in [1.82, 2.24) is 20.1 Å². The highest BCUT2D eigenvalue weighted by Gasteiger charge is 2.30. The summed E-state index contributed by atoms with van der Waals surface area (Å²) < 4.78 is 2.13. The van der Waals surface area contributed by atoms with Crippen molar-refractivity contribution >= 4 is 28.7 Å². The predicted molar refractivity (Wildman–Crippen MR) is 120 cm³/mol. The minimum atomic E-state index is -1.26. The van der Waals surface area contributed by atoms with Gasteiger partial charge in [0.05, 0.1) is 5.69 Å². The maximum Gasteiger partial charge on any atom is 0.328 e. The smallest absolute Gasteiger partial charge is 0.328 e. The predicted octanol–water partition coefficient (Wildman–Crippen LogP) is 2.27. The molecular weight excluding hydrogens is 410 g/mol. The summed E-state index contributed by atoms with van der Waals surface area (Å²) in [7, 11) is 2.06. The van der Waals surface area contributed by atoms with Crippen molar-refractivity contribution in [2.45, 2.75) is 0 Å². The van der Waals surface area contributed by atoms with Gasteiger partial charge in [0, 0.05) is 67.4 Å². The van der Waals surface area contributed by atoms with Gasteiger partial charge in [-0.3, -0.25) is 0 Å². The van der Waals surface area contributed by atoms with E-state index in [-0.39, 0.29) is 0 Å². The van der Waals surface area contributed by atoms with E-state index in [1.807, 2.05) is 0 Å². The number of carboxylic acids is 2. The second-order valence-corrected chi connectivity index (χ2v) is 7.69. The van der Waals surface area contributed by atoms with E-state index in [2.05, 4.69) is 80.8 Å². The van der Waals surface area contributed by atoms with Crippen LogP contribution in [0.4, 0.5) is 5.82 Å². The molecule has 0 amide bonds. The number of aromatic nitrogens is 3. The van der Waals surface area contributed by atoms with Gasteiger partial charge in [-0.15, -0.1) is 10.2 Å². The second-order valence-electron chi connectivity index (χ2n) is 7.69. The van der Waals surface area contributed by atoms with Crippen LogP contribution in [0.25, 0.3) is 22.2 Å². The molecule has 0 bridgehead atoms. The molecule has 1 fully saturated rings. The Morgan fingerprint density at radius 2 is 1.88 bits per heavy atom. The molecule has 32 heavy (non-hydrogen) atoms. The lowest BCUT2D eigenvalue weighted by Gasteiger charge is -2.16. The zero-order valence-corrected chi connectivity index (χ0v) is 17.5. The fourth-order valence-corrected chi connectivity index (χ4v) is 3.89. The summed E-state index contributed by atoms with van der Waals surface area (Å²) >= 11 is 0. The highest BCUT2D eigenvalue weighted by Crippen LogP contribution is 2.29. The van der Waals surface area contributed by atoms with E-state index in [9.17, 15) is 9.59 Å². The van der Waals surface area contributed by atoms with Crippen LogP contribution < -0.4 is 10.2 Å². The standard InChI is InChI=1S/C19H19N5.C4H4O4/c1-23-7-6-14-8-13(2-4-18(14)23)17-3-5-19(22-21-17)24-11-15-9-20-10-16(15)12-24;5-3(6)1-2-4(7)8/h2-9,16,20H,10-12H2,1H3;1-2H,(H,5,6)(H,7,8). The van der Waals surface area contributed by atoms with Crippen molar-refractivity contribution in [1.29, 1.82) is 0 Å². The van der Waals surface area contributed by atoms with E-state index in [1.54, 1.807) is 0 Å². The van der Waals surface area contributed by atoms with Gasteiger partial charge in [-0.25, -0.2) is 9.59 Å². The number of benzene rings is 1. The van der Waals surface area contributed by atoms with E-state index in [0.717, 1.165) is 36.7 Å². The molecule has 3 N–H and O–H groups in total. The van der Waals surface area contributed by atoms with E-state index >= 15 is 0 Å². The number of aliphatic carboxylic acids is 2. The van der Waals surface area contributed by atoms with Crippen LogP contribution in [0.1, 0.15) is 0 Å². The van der Waals surface area contributed by atoms with Gasteiger partial charge in [0.2, 0.25) is 0 Å². The third-order valence-electron chi connectivity index (χ3n) is 5.51. The van der Waals surface area contributed by atoms with Crippen LogP contribution in [0.3, 0.4) is 0 Å². The maximum absolute atomic E-state index is 9.55. The Kier molecular flexibility index (Phi) is 5.89. The zero-order chi connectivity index (χ0) is 22.7. The molecule has 0 spiro atoms. The number of nitrogens with zero attached hydrogens (tertiary/aromatic N) is 4. The Balaban J connectivity index is 0.000000265. The topological polar surface area (TPSA) is 121 Å².